The number of ether oxygens (including phenoxy) is 1. The average Bonchev–Trinajstić information content (AvgIpc) is 2.54. The maximum absolute atomic E-state index is 12.4. The molecule has 0 saturated carbocycles. The molecule has 118 valence electrons. The SMILES string of the molecule is NC(=O)c1cccc(NC(=O)C2COc3ccc(Cl)cc3C2)c1. The number of carbonyl (C=O) groups is 2. The van der Waals surface area contributed by atoms with Crippen molar-refractivity contribution in [3.8, 4) is 5.75 Å². The molecule has 3 rings (SSSR count). The van der Waals surface area contributed by atoms with Crippen molar-refractivity contribution in [2.45, 2.75) is 6.42 Å². The molecule has 23 heavy (non-hydrogen) atoms. The second kappa shape index (κ2) is 6.30. The van der Waals surface area contributed by atoms with E-state index in [0.717, 1.165) is 11.3 Å². The number of amides is 2. The molecule has 0 bridgehead atoms. The Hall–Kier alpha value is -2.53. The molecule has 1 unspecified atom stereocenters. The molecule has 0 radical (unpaired) electrons. The number of nitrogens with two attached hydrogens (primary N) is 1. The minimum Gasteiger partial charge on any atom is -0.492 e. The lowest BCUT2D eigenvalue weighted by atomic mass is 9.96. The molecule has 0 fully saturated rings. The van der Waals surface area contributed by atoms with E-state index in [1.807, 2.05) is 12.1 Å². The fourth-order valence-electron chi connectivity index (χ4n) is 2.53. The summed E-state index contributed by atoms with van der Waals surface area (Å²) >= 11 is 5.98. The van der Waals surface area contributed by atoms with Crippen LogP contribution in [0.3, 0.4) is 0 Å². The van der Waals surface area contributed by atoms with Gasteiger partial charge in [-0.2, -0.15) is 0 Å². The molecule has 1 heterocycles. The highest BCUT2D eigenvalue weighted by atomic mass is 35.5. The van der Waals surface area contributed by atoms with Crippen molar-refractivity contribution in [3.63, 3.8) is 0 Å². The third kappa shape index (κ3) is 3.46. The number of primary amides is 1. The number of halogens is 1. The predicted molar refractivity (Wildman–Crippen MR) is 87.7 cm³/mol. The summed E-state index contributed by atoms with van der Waals surface area (Å²) in [5, 5.41) is 3.41. The molecule has 3 N–H and O–H groups in total. The highest BCUT2D eigenvalue weighted by Crippen LogP contribution is 2.30. The number of hydrogen-bond acceptors (Lipinski definition) is 3. The van der Waals surface area contributed by atoms with Gasteiger partial charge in [-0.15, -0.1) is 0 Å². The number of fused-ring (bicyclic) bond motifs is 1. The van der Waals surface area contributed by atoms with Crippen molar-refractivity contribution in [1.82, 2.24) is 0 Å². The van der Waals surface area contributed by atoms with Crippen molar-refractivity contribution in [2.24, 2.45) is 11.7 Å². The normalized spacial score (nSPS) is 16.1. The molecule has 0 spiro atoms. The van der Waals surface area contributed by atoms with Crippen molar-refractivity contribution in [3.05, 3.63) is 58.6 Å². The van der Waals surface area contributed by atoms with Gasteiger partial charge < -0.3 is 15.8 Å². The zero-order chi connectivity index (χ0) is 16.4. The lowest BCUT2D eigenvalue weighted by molar-refractivity contribution is -0.121. The van der Waals surface area contributed by atoms with Gasteiger partial charge >= 0.3 is 0 Å². The quantitative estimate of drug-likeness (QED) is 0.907. The molecule has 0 aromatic heterocycles. The third-order valence-electron chi connectivity index (χ3n) is 3.71. The molecule has 1 atom stereocenters. The summed E-state index contributed by atoms with van der Waals surface area (Å²) in [6.07, 6.45) is 0.553. The Bertz CT molecular complexity index is 776. The molecular formula is C17H15ClN2O3. The summed E-state index contributed by atoms with van der Waals surface area (Å²) in [7, 11) is 0. The lowest BCUT2D eigenvalue weighted by Gasteiger charge is -2.24. The zero-order valence-corrected chi connectivity index (χ0v) is 13.0. The zero-order valence-electron chi connectivity index (χ0n) is 12.2. The molecule has 0 aliphatic carbocycles. The third-order valence-corrected chi connectivity index (χ3v) is 3.95. The Labute approximate surface area is 138 Å². The van der Waals surface area contributed by atoms with Gasteiger partial charge in [0.05, 0.1) is 5.92 Å². The number of nitrogens with one attached hydrogen (secondary N) is 1. The molecule has 0 saturated heterocycles. The molecule has 5 nitrogen and oxygen atoms in total. The maximum atomic E-state index is 12.4. The van der Waals surface area contributed by atoms with Crippen LogP contribution in [0.15, 0.2) is 42.5 Å². The van der Waals surface area contributed by atoms with Crippen LogP contribution in [0.1, 0.15) is 15.9 Å². The van der Waals surface area contributed by atoms with Gasteiger partial charge in [0, 0.05) is 16.3 Å². The highest BCUT2D eigenvalue weighted by Gasteiger charge is 2.26. The summed E-state index contributed by atoms with van der Waals surface area (Å²) in [6.45, 7) is 0.302. The van der Waals surface area contributed by atoms with Crippen molar-refractivity contribution < 1.29 is 14.3 Å². The first-order valence-corrected chi connectivity index (χ1v) is 7.52. The van der Waals surface area contributed by atoms with Gasteiger partial charge in [0.15, 0.2) is 0 Å². The Balaban J connectivity index is 1.72. The summed E-state index contributed by atoms with van der Waals surface area (Å²) in [6, 6.07) is 11.9. The average molecular weight is 331 g/mol. The molecule has 2 amide bonds. The van der Waals surface area contributed by atoms with E-state index in [1.54, 1.807) is 30.3 Å². The second-order valence-electron chi connectivity index (χ2n) is 5.40. The minimum absolute atomic E-state index is 0.169. The number of benzene rings is 2. The Morgan fingerprint density at radius 2 is 2.04 bits per heavy atom. The van der Waals surface area contributed by atoms with Crippen LogP contribution in [0.25, 0.3) is 0 Å². The smallest absolute Gasteiger partial charge is 0.248 e. The van der Waals surface area contributed by atoms with Crippen LogP contribution in [0, 0.1) is 5.92 Å². The molecule has 6 heteroatoms. The summed E-state index contributed by atoms with van der Waals surface area (Å²) < 4.78 is 5.62. The van der Waals surface area contributed by atoms with E-state index in [0.29, 0.717) is 29.3 Å². The molecule has 2 aromatic rings. The topological polar surface area (TPSA) is 81.4 Å². The second-order valence-corrected chi connectivity index (χ2v) is 5.83. The van der Waals surface area contributed by atoms with Gasteiger partial charge in [-0.25, -0.2) is 0 Å². The highest BCUT2D eigenvalue weighted by molar-refractivity contribution is 6.30. The Kier molecular flexibility index (Phi) is 4.21. The van der Waals surface area contributed by atoms with Crippen molar-refractivity contribution in [1.29, 1.82) is 0 Å². The molecule has 1 aliphatic heterocycles. The monoisotopic (exact) mass is 330 g/mol. The van der Waals surface area contributed by atoms with Gasteiger partial charge in [0.25, 0.3) is 0 Å². The van der Waals surface area contributed by atoms with E-state index in [2.05, 4.69) is 5.32 Å². The van der Waals surface area contributed by atoms with E-state index in [9.17, 15) is 9.59 Å². The van der Waals surface area contributed by atoms with Gasteiger partial charge in [0.1, 0.15) is 12.4 Å². The summed E-state index contributed by atoms with van der Waals surface area (Å²) in [5.41, 5.74) is 7.03. The fraction of sp³-hybridized carbons (Fsp3) is 0.176. The first kappa shape index (κ1) is 15.4. The number of carbonyl (C=O) groups excluding carboxylic acids is 2. The van der Waals surface area contributed by atoms with Crippen LogP contribution < -0.4 is 15.8 Å². The van der Waals surface area contributed by atoms with E-state index < -0.39 is 5.91 Å². The minimum atomic E-state index is -0.536. The van der Waals surface area contributed by atoms with Crippen LogP contribution in [-0.4, -0.2) is 18.4 Å². The van der Waals surface area contributed by atoms with Crippen LogP contribution in [0.4, 0.5) is 5.69 Å². The van der Waals surface area contributed by atoms with Gasteiger partial charge in [-0.3, -0.25) is 9.59 Å². The summed E-state index contributed by atoms with van der Waals surface area (Å²) in [4.78, 5) is 23.6. The largest absolute Gasteiger partial charge is 0.492 e. The summed E-state index contributed by atoms with van der Waals surface area (Å²) in [5.74, 6) is -0.268. The van der Waals surface area contributed by atoms with Crippen molar-refractivity contribution in [2.75, 3.05) is 11.9 Å². The number of anilines is 1. The molecule has 1 aliphatic rings. The standard InChI is InChI=1S/C17H15ClN2O3/c18-13-4-5-15-11(7-13)6-12(9-23-15)17(22)20-14-3-1-2-10(8-14)16(19)21/h1-5,7-8,12H,6,9H2,(H2,19,21)(H,20,22). The van der Waals surface area contributed by atoms with E-state index in [4.69, 9.17) is 22.1 Å². The lowest BCUT2D eigenvalue weighted by Crippen LogP contribution is -2.32. The molecular weight excluding hydrogens is 316 g/mol. The predicted octanol–water partition coefficient (Wildman–Crippen LogP) is 2.63. The number of hydrogen-bond donors (Lipinski definition) is 2. The Morgan fingerprint density at radius 1 is 1.22 bits per heavy atom. The van der Waals surface area contributed by atoms with Gasteiger partial charge in [0.2, 0.25) is 11.8 Å². The fourth-order valence-corrected chi connectivity index (χ4v) is 2.72. The number of rotatable bonds is 3. The van der Waals surface area contributed by atoms with Crippen LogP contribution >= 0.6 is 11.6 Å². The Morgan fingerprint density at radius 3 is 2.83 bits per heavy atom. The maximum Gasteiger partial charge on any atom is 0.248 e. The van der Waals surface area contributed by atoms with Crippen molar-refractivity contribution >= 4 is 29.1 Å². The first-order valence-electron chi connectivity index (χ1n) is 7.15. The first-order chi connectivity index (χ1) is 11.0. The van der Waals surface area contributed by atoms with Crippen LogP contribution in [-0.2, 0) is 11.2 Å². The van der Waals surface area contributed by atoms with E-state index in [1.165, 1.54) is 0 Å². The van der Waals surface area contributed by atoms with E-state index in [-0.39, 0.29) is 11.8 Å². The van der Waals surface area contributed by atoms with Crippen LogP contribution in [0.5, 0.6) is 5.75 Å². The van der Waals surface area contributed by atoms with Gasteiger partial charge in [-0.05, 0) is 48.4 Å². The van der Waals surface area contributed by atoms with Gasteiger partial charge in [-0.1, -0.05) is 17.7 Å². The van der Waals surface area contributed by atoms with E-state index >= 15 is 0 Å². The molecule has 2 aromatic carbocycles. The van der Waals surface area contributed by atoms with Crippen LogP contribution in [0.2, 0.25) is 5.02 Å².